The molecule has 0 spiro atoms. The summed E-state index contributed by atoms with van der Waals surface area (Å²) in [6.45, 7) is -0.0261. The highest BCUT2D eigenvalue weighted by atomic mass is 32.2. The number of aliphatic hydroxyl groups excluding tert-OH is 1. The number of carbonyl (C=O) groups is 2. The van der Waals surface area contributed by atoms with E-state index in [1.165, 1.54) is 7.11 Å². The number of esters is 1. The van der Waals surface area contributed by atoms with Gasteiger partial charge in [0, 0.05) is 17.7 Å². The first-order chi connectivity index (χ1) is 13.8. The van der Waals surface area contributed by atoms with Crippen molar-refractivity contribution in [2.45, 2.75) is 18.0 Å². The Kier molecular flexibility index (Phi) is 7.40. The van der Waals surface area contributed by atoms with Crippen LogP contribution in [0.25, 0.3) is 0 Å². The van der Waals surface area contributed by atoms with E-state index in [0.29, 0.717) is 24.1 Å². The summed E-state index contributed by atoms with van der Waals surface area (Å²) in [5.41, 5.74) is -0.0959. The van der Waals surface area contributed by atoms with Crippen molar-refractivity contribution in [1.29, 1.82) is 0 Å². The lowest BCUT2D eigenvalue weighted by atomic mass is 9.91. The summed E-state index contributed by atoms with van der Waals surface area (Å²) >= 11 is 0. The molecule has 1 aromatic rings. The molecule has 2 N–H and O–H groups in total. The Morgan fingerprint density at radius 2 is 2.00 bits per heavy atom. The van der Waals surface area contributed by atoms with Gasteiger partial charge in [-0.3, -0.25) is 9.69 Å². The second kappa shape index (κ2) is 9.57. The molecular formula is C20H22N2O6S. The number of benzene rings is 1. The molecule has 0 bridgehead atoms. The molecule has 0 saturated carbocycles. The summed E-state index contributed by atoms with van der Waals surface area (Å²) < 4.78 is 28.4. The van der Waals surface area contributed by atoms with Gasteiger partial charge in [-0.2, -0.15) is 0 Å². The Balaban J connectivity index is 2.33. The number of amides is 1. The number of rotatable bonds is 7. The highest BCUT2D eigenvalue weighted by Crippen LogP contribution is 2.32. The van der Waals surface area contributed by atoms with Crippen LogP contribution in [0.15, 0.2) is 24.3 Å². The third-order valence-corrected chi connectivity index (χ3v) is 6.46. The van der Waals surface area contributed by atoms with Crippen LogP contribution < -0.4 is 10.2 Å². The second-order valence-corrected chi connectivity index (χ2v) is 8.51. The molecule has 1 aliphatic heterocycles. The Morgan fingerprint density at radius 1 is 1.34 bits per heavy atom. The number of methoxy groups -OCH3 is 1. The van der Waals surface area contributed by atoms with E-state index >= 15 is 0 Å². The fourth-order valence-corrected chi connectivity index (χ4v) is 5.24. The standard InChI is InChI=1S/C20H22N2O6S/c1-21-20(13-29(26,27)14-20)18(19(25)28-2)22(15-24)17-10-8-16(9-11-17)7-5-3-4-6-12-23/h8-11,15,18,21,23H,6,12-14H2,1-2H3. The molecule has 1 unspecified atom stereocenters. The molecule has 1 fully saturated rings. The molecule has 0 aliphatic carbocycles. The summed E-state index contributed by atoms with van der Waals surface area (Å²) in [4.78, 5) is 25.5. The van der Waals surface area contributed by atoms with E-state index in [1.54, 1.807) is 31.3 Å². The first-order valence-corrected chi connectivity index (χ1v) is 10.5. The number of likely N-dealkylation sites (N-methyl/N-ethyl adjacent to an activating group) is 1. The third-order valence-electron chi connectivity index (χ3n) is 4.55. The van der Waals surface area contributed by atoms with Crippen molar-refractivity contribution in [1.82, 2.24) is 5.32 Å². The summed E-state index contributed by atoms with van der Waals surface area (Å²) in [5, 5.41) is 11.6. The predicted octanol–water partition coefficient (Wildman–Crippen LogP) is -0.685. The van der Waals surface area contributed by atoms with Gasteiger partial charge in [-0.1, -0.05) is 11.8 Å². The Bertz CT molecular complexity index is 968. The molecule has 1 heterocycles. The van der Waals surface area contributed by atoms with Gasteiger partial charge < -0.3 is 15.2 Å². The Morgan fingerprint density at radius 3 is 2.48 bits per heavy atom. The number of sulfone groups is 1. The van der Waals surface area contributed by atoms with Crippen molar-refractivity contribution in [2.75, 3.05) is 37.2 Å². The molecule has 2 rings (SSSR count). The number of hydrogen-bond donors (Lipinski definition) is 2. The van der Waals surface area contributed by atoms with Gasteiger partial charge in [-0.25, -0.2) is 13.2 Å². The van der Waals surface area contributed by atoms with Crippen LogP contribution in [0.2, 0.25) is 0 Å². The number of hydrogen-bond acceptors (Lipinski definition) is 7. The van der Waals surface area contributed by atoms with Crippen LogP contribution >= 0.6 is 0 Å². The fraction of sp³-hybridized carbons (Fsp3) is 0.400. The van der Waals surface area contributed by atoms with Gasteiger partial charge in [-0.15, -0.1) is 0 Å². The van der Waals surface area contributed by atoms with E-state index < -0.39 is 27.4 Å². The minimum Gasteiger partial charge on any atom is -0.467 e. The van der Waals surface area contributed by atoms with Gasteiger partial charge in [-0.05, 0) is 43.2 Å². The maximum atomic E-state index is 12.5. The predicted molar refractivity (Wildman–Crippen MR) is 108 cm³/mol. The zero-order valence-corrected chi connectivity index (χ0v) is 17.0. The van der Waals surface area contributed by atoms with Crippen LogP contribution in [-0.2, 0) is 24.2 Å². The zero-order chi connectivity index (χ0) is 21.5. The van der Waals surface area contributed by atoms with Gasteiger partial charge in [0.25, 0.3) is 0 Å². The Labute approximate surface area is 170 Å². The van der Waals surface area contributed by atoms with E-state index in [4.69, 9.17) is 9.84 Å². The van der Waals surface area contributed by atoms with Gasteiger partial charge in [0.1, 0.15) is 0 Å². The molecule has 9 heteroatoms. The molecule has 1 aromatic carbocycles. The van der Waals surface area contributed by atoms with Crippen molar-refractivity contribution >= 4 is 27.9 Å². The molecule has 1 atom stereocenters. The summed E-state index contributed by atoms with van der Waals surface area (Å²) in [6.07, 6.45) is 0.826. The van der Waals surface area contributed by atoms with Crippen LogP contribution in [-0.4, -0.2) is 69.8 Å². The van der Waals surface area contributed by atoms with Gasteiger partial charge >= 0.3 is 5.97 Å². The first kappa shape index (κ1) is 22.4. The molecule has 0 radical (unpaired) electrons. The van der Waals surface area contributed by atoms with Crippen molar-refractivity contribution in [3.8, 4) is 23.7 Å². The molecule has 1 aliphatic rings. The minimum atomic E-state index is -3.30. The number of ether oxygens (including phenoxy) is 1. The highest BCUT2D eigenvalue weighted by Gasteiger charge is 2.58. The molecule has 154 valence electrons. The van der Waals surface area contributed by atoms with Crippen LogP contribution in [0.1, 0.15) is 12.0 Å². The van der Waals surface area contributed by atoms with Crippen LogP contribution in [0.5, 0.6) is 0 Å². The lowest BCUT2D eigenvalue weighted by molar-refractivity contribution is -0.144. The topological polar surface area (TPSA) is 113 Å². The maximum Gasteiger partial charge on any atom is 0.330 e. The largest absolute Gasteiger partial charge is 0.467 e. The van der Waals surface area contributed by atoms with Crippen LogP contribution in [0.3, 0.4) is 0 Å². The quantitative estimate of drug-likeness (QED) is 0.343. The molecule has 0 aromatic heterocycles. The smallest absolute Gasteiger partial charge is 0.330 e. The lowest BCUT2D eigenvalue weighted by Crippen LogP contribution is -2.75. The van der Waals surface area contributed by atoms with Crippen LogP contribution in [0, 0.1) is 23.7 Å². The van der Waals surface area contributed by atoms with Crippen molar-refractivity contribution < 1.29 is 27.9 Å². The van der Waals surface area contributed by atoms with E-state index in [2.05, 4.69) is 29.0 Å². The number of nitrogens with one attached hydrogen (secondary N) is 1. The normalized spacial score (nSPS) is 16.7. The maximum absolute atomic E-state index is 12.5. The number of carbonyl (C=O) groups excluding carboxylic acids is 2. The fourth-order valence-electron chi connectivity index (χ4n) is 3.15. The molecule has 29 heavy (non-hydrogen) atoms. The number of nitrogens with zero attached hydrogens (tertiary/aromatic N) is 1. The SMILES string of the molecule is CNC1(C(C(=O)OC)N(C=O)c2ccc(C#CC#CCCO)cc2)CS(=O)(=O)C1. The molecule has 1 amide bonds. The van der Waals surface area contributed by atoms with Gasteiger partial charge in [0.2, 0.25) is 6.41 Å². The monoisotopic (exact) mass is 418 g/mol. The molecule has 1 saturated heterocycles. The number of anilines is 1. The Hall–Kier alpha value is -2.85. The number of aliphatic hydroxyl groups is 1. The van der Waals surface area contributed by atoms with E-state index in [0.717, 1.165) is 4.90 Å². The average Bonchev–Trinajstić information content (AvgIpc) is 2.69. The highest BCUT2D eigenvalue weighted by molar-refractivity contribution is 7.93. The summed E-state index contributed by atoms with van der Waals surface area (Å²) in [7, 11) is -0.564. The van der Waals surface area contributed by atoms with Crippen LogP contribution in [0.4, 0.5) is 5.69 Å². The first-order valence-electron chi connectivity index (χ1n) is 8.73. The van der Waals surface area contributed by atoms with E-state index in [1.807, 2.05) is 0 Å². The second-order valence-electron chi connectivity index (χ2n) is 6.45. The van der Waals surface area contributed by atoms with Gasteiger partial charge in [0.15, 0.2) is 15.9 Å². The average molecular weight is 418 g/mol. The minimum absolute atomic E-state index is 0.0261. The lowest BCUT2D eigenvalue weighted by Gasteiger charge is -2.47. The molecular weight excluding hydrogens is 396 g/mol. The zero-order valence-electron chi connectivity index (χ0n) is 16.1. The van der Waals surface area contributed by atoms with E-state index in [9.17, 15) is 18.0 Å². The third kappa shape index (κ3) is 5.15. The summed E-state index contributed by atoms with van der Waals surface area (Å²) in [5.74, 6) is 9.50. The van der Waals surface area contributed by atoms with Crippen molar-refractivity contribution in [3.05, 3.63) is 29.8 Å². The van der Waals surface area contributed by atoms with Gasteiger partial charge in [0.05, 0.1) is 30.8 Å². The van der Waals surface area contributed by atoms with Crippen molar-refractivity contribution in [2.24, 2.45) is 0 Å². The molecule has 8 nitrogen and oxygen atoms in total. The van der Waals surface area contributed by atoms with Crippen molar-refractivity contribution in [3.63, 3.8) is 0 Å². The summed E-state index contributed by atoms with van der Waals surface area (Å²) in [6, 6.07) is 5.37. The van der Waals surface area contributed by atoms with E-state index in [-0.39, 0.29) is 18.1 Å².